The highest BCUT2D eigenvalue weighted by atomic mass is 15.0. The predicted molar refractivity (Wildman–Crippen MR) is 70.5 cm³/mol. The Labute approximate surface area is 101 Å². The van der Waals surface area contributed by atoms with Gasteiger partial charge in [0.15, 0.2) is 0 Å². The second-order valence-corrected chi connectivity index (χ2v) is 6.87. The maximum Gasteiger partial charge on any atom is 0.00952 e. The molecular weight excluding hydrogens is 194 g/mol. The topological polar surface area (TPSA) is 12.0 Å². The summed E-state index contributed by atoms with van der Waals surface area (Å²) in [6.07, 6.45) is 7.26. The zero-order chi connectivity index (χ0) is 11.7. The lowest BCUT2D eigenvalue weighted by atomic mass is 9.79. The minimum Gasteiger partial charge on any atom is -0.311 e. The van der Waals surface area contributed by atoms with E-state index in [2.05, 4.69) is 33.0 Å². The van der Waals surface area contributed by atoms with Crippen LogP contribution >= 0.6 is 0 Å². The molecule has 2 rings (SSSR count). The van der Waals surface area contributed by atoms with Gasteiger partial charge in [-0.2, -0.15) is 0 Å². The lowest BCUT2D eigenvalue weighted by Gasteiger charge is -2.34. The Morgan fingerprint density at radius 2 is 1.62 bits per heavy atom. The van der Waals surface area contributed by atoms with Gasteiger partial charge < -0.3 is 5.32 Å². The Hall–Kier alpha value is -0.0400. The van der Waals surface area contributed by atoms with Crippen LogP contribution in [-0.2, 0) is 0 Å². The van der Waals surface area contributed by atoms with E-state index in [9.17, 15) is 0 Å². The molecule has 1 nitrogen and oxygen atoms in total. The van der Waals surface area contributed by atoms with E-state index >= 15 is 0 Å². The van der Waals surface area contributed by atoms with E-state index in [1.165, 1.54) is 32.1 Å². The van der Waals surface area contributed by atoms with Crippen LogP contribution in [0.4, 0.5) is 0 Å². The third-order valence-corrected chi connectivity index (χ3v) is 4.93. The summed E-state index contributed by atoms with van der Waals surface area (Å²) >= 11 is 0. The number of nitrogens with one attached hydrogen (secondary N) is 1. The second kappa shape index (κ2) is 5.08. The molecule has 94 valence electrons. The van der Waals surface area contributed by atoms with Crippen LogP contribution in [0.5, 0.6) is 0 Å². The first kappa shape index (κ1) is 12.4. The van der Waals surface area contributed by atoms with Gasteiger partial charge in [-0.05, 0) is 55.8 Å². The molecule has 1 saturated carbocycles. The summed E-state index contributed by atoms with van der Waals surface area (Å²) in [5.74, 6) is 3.65. The van der Waals surface area contributed by atoms with E-state index < -0.39 is 0 Å². The van der Waals surface area contributed by atoms with Gasteiger partial charge in [0.25, 0.3) is 0 Å². The van der Waals surface area contributed by atoms with E-state index in [0.29, 0.717) is 0 Å². The SMILES string of the molecule is CC(C)C1CC2CCC(C1)NC(C(C)C)C2. The van der Waals surface area contributed by atoms with Crippen molar-refractivity contribution in [2.75, 3.05) is 0 Å². The summed E-state index contributed by atoms with van der Waals surface area (Å²) < 4.78 is 0. The van der Waals surface area contributed by atoms with Crippen LogP contribution in [0.25, 0.3) is 0 Å². The zero-order valence-electron chi connectivity index (χ0n) is 11.5. The van der Waals surface area contributed by atoms with Crippen LogP contribution in [0.2, 0.25) is 0 Å². The van der Waals surface area contributed by atoms with Crippen molar-refractivity contribution in [2.45, 2.75) is 71.9 Å². The monoisotopic (exact) mass is 223 g/mol. The zero-order valence-corrected chi connectivity index (χ0v) is 11.5. The van der Waals surface area contributed by atoms with Gasteiger partial charge in [0, 0.05) is 12.1 Å². The maximum absolute atomic E-state index is 3.93. The van der Waals surface area contributed by atoms with E-state index in [-0.39, 0.29) is 0 Å². The number of hydrogen-bond donors (Lipinski definition) is 1. The highest BCUT2D eigenvalue weighted by molar-refractivity contribution is 4.90. The molecule has 4 unspecified atom stereocenters. The summed E-state index contributed by atoms with van der Waals surface area (Å²) in [5, 5.41) is 3.93. The Bertz CT molecular complexity index is 185. The maximum atomic E-state index is 3.93. The van der Waals surface area contributed by atoms with Crippen molar-refractivity contribution in [1.29, 1.82) is 0 Å². The quantitative estimate of drug-likeness (QED) is 0.750. The van der Waals surface area contributed by atoms with Gasteiger partial charge in [-0.15, -0.1) is 0 Å². The molecule has 0 spiro atoms. The fraction of sp³-hybridized carbons (Fsp3) is 1.00. The molecular formula is C15H29N. The fourth-order valence-electron chi connectivity index (χ4n) is 3.67. The van der Waals surface area contributed by atoms with Crippen molar-refractivity contribution in [2.24, 2.45) is 23.7 Å². The molecule has 4 atom stereocenters. The lowest BCUT2D eigenvalue weighted by molar-refractivity contribution is 0.210. The van der Waals surface area contributed by atoms with Crippen molar-refractivity contribution in [1.82, 2.24) is 5.32 Å². The highest BCUT2D eigenvalue weighted by Gasteiger charge is 2.34. The second-order valence-electron chi connectivity index (χ2n) is 6.87. The molecule has 0 amide bonds. The Balaban J connectivity index is 2.05. The van der Waals surface area contributed by atoms with Crippen LogP contribution in [-0.4, -0.2) is 12.1 Å². The van der Waals surface area contributed by atoms with Crippen molar-refractivity contribution in [3.8, 4) is 0 Å². The van der Waals surface area contributed by atoms with E-state index in [4.69, 9.17) is 0 Å². The highest BCUT2D eigenvalue weighted by Crippen LogP contribution is 2.38. The van der Waals surface area contributed by atoms with Crippen LogP contribution in [0.15, 0.2) is 0 Å². The first-order chi connectivity index (χ1) is 7.56. The average molecular weight is 223 g/mol. The molecule has 1 heterocycles. The van der Waals surface area contributed by atoms with E-state index in [0.717, 1.165) is 35.8 Å². The number of fused-ring (bicyclic) bond motifs is 3. The average Bonchev–Trinajstić information content (AvgIpc) is 2.47. The van der Waals surface area contributed by atoms with Crippen LogP contribution < -0.4 is 5.32 Å². The third kappa shape index (κ3) is 2.80. The van der Waals surface area contributed by atoms with E-state index in [1.54, 1.807) is 0 Å². The molecule has 0 aromatic rings. The molecule has 0 radical (unpaired) electrons. The normalized spacial score (nSPS) is 40.1. The van der Waals surface area contributed by atoms with Crippen molar-refractivity contribution in [3.05, 3.63) is 0 Å². The van der Waals surface area contributed by atoms with Gasteiger partial charge in [0.1, 0.15) is 0 Å². The van der Waals surface area contributed by atoms with Gasteiger partial charge in [0.05, 0.1) is 0 Å². The molecule has 2 aliphatic rings. The minimum atomic E-state index is 0.783. The number of hydrogen-bond acceptors (Lipinski definition) is 1. The molecule has 1 saturated heterocycles. The molecule has 0 aromatic heterocycles. The lowest BCUT2D eigenvalue weighted by Crippen LogP contribution is -2.43. The Morgan fingerprint density at radius 3 is 2.25 bits per heavy atom. The summed E-state index contributed by atoms with van der Waals surface area (Å²) in [6.45, 7) is 9.56. The number of rotatable bonds is 2. The van der Waals surface area contributed by atoms with Crippen molar-refractivity contribution >= 4 is 0 Å². The van der Waals surface area contributed by atoms with Gasteiger partial charge >= 0.3 is 0 Å². The smallest absolute Gasteiger partial charge is 0.00952 e. The van der Waals surface area contributed by atoms with Crippen molar-refractivity contribution < 1.29 is 0 Å². The van der Waals surface area contributed by atoms with E-state index in [1.807, 2.05) is 0 Å². The van der Waals surface area contributed by atoms with Gasteiger partial charge in [-0.1, -0.05) is 27.7 Å². The van der Waals surface area contributed by atoms with Crippen LogP contribution in [0.1, 0.15) is 59.8 Å². The van der Waals surface area contributed by atoms with Crippen LogP contribution in [0, 0.1) is 23.7 Å². The molecule has 2 bridgehead atoms. The fourth-order valence-corrected chi connectivity index (χ4v) is 3.67. The third-order valence-electron chi connectivity index (χ3n) is 4.93. The molecule has 1 aliphatic heterocycles. The standard InChI is InChI=1S/C15H29N/c1-10(2)13-7-12-5-6-14(9-13)16-15(8-12)11(3)4/h10-16H,5-9H2,1-4H3. The molecule has 0 aromatic carbocycles. The summed E-state index contributed by atoms with van der Waals surface area (Å²) in [6, 6.07) is 1.60. The van der Waals surface area contributed by atoms with Gasteiger partial charge in [-0.3, -0.25) is 0 Å². The first-order valence-electron chi connectivity index (χ1n) is 7.32. The molecule has 1 N–H and O–H groups in total. The Kier molecular flexibility index (Phi) is 3.94. The largest absolute Gasteiger partial charge is 0.311 e. The summed E-state index contributed by atoms with van der Waals surface area (Å²) in [4.78, 5) is 0. The Morgan fingerprint density at radius 1 is 0.875 bits per heavy atom. The van der Waals surface area contributed by atoms with Crippen molar-refractivity contribution in [3.63, 3.8) is 0 Å². The molecule has 2 fully saturated rings. The van der Waals surface area contributed by atoms with Crippen LogP contribution in [0.3, 0.4) is 0 Å². The van der Waals surface area contributed by atoms with Gasteiger partial charge in [-0.25, -0.2) is 0 Å². The molecule has 1 aliphatic carbocycles. The summed E-state index contributed by atoms with van der Waals surface area (Å²) in [5.41, 5.74) is 0. The van der Waals surface area contributed by atoms with Gasteiger partial charge in [0.2, 0.25) is 0 Å². The summed E-state index contributed by atoms with van der Waals surface area (Å²) in [7, 11) is 0. The predicted octanol–water partition coefficient (Wildman–Crippen LogP) is 3.84. The first-order valence-corrected chi connectivity index (χ1v) is 7.32. The minimum absolute atomic E-state index is 0.783. The molecule has 1 heteroatoms. The molecule has 16 heavy (non-hydrogen) atoms.